The van der Waals surface area contributed by atoms with E-state index in [4.69, 9.17) is 0 Å². The second kappa shape index (κ2) is 6.56. The molecule has 0 aromatic heterocycles. The molecule has 0 saturated heterocycles. The number of hydrogen-bond donors (Lipinski definition) is 0. The molecule has 2 nitrogen and oxygen atoms in total. The van der Waals surface area contributed by atoms with E-state index >= 15 is 0 Å². The largest absolute Gasteiger partial charge is 0.417 e. The van der Waals surface area contributed by atoms with E-state index in [0.717, 1.165) is 17.8 Å². The highest BCUT2D eigenvalue weighted by atomic mass is 32.2. The Morgan fingerprint density at radius 1 is 1.37 bits per heavy atom. The van der Waals surface area contributed by atoms with Gasteiger partial charge in [0.1, 0.15) is 6.29 Å². The van der Waals surface area contributed by atoms with E-state index in [0.29, 0.717) is 12.0 Å². The van der Waals surface area contributed by atoms with Crippen molar-refractivity contribution < 1.29 is 22.8 Å². The van der Waals surface area contributed by atoms with Crippen molar-refractivity contribution in [3.05, 3.63) is 41.0 Å². The topological polar surface area (TPSA) is 34.1 Å². The molecule has 1 aromatic rings. The highest BCUT2D eigenvalue weighted by Crippen LogP contribution is 2.33. The Morgan fingerprint density at radius 2 is 2.05 bits per heavy atom. The molecule has 19 heavy (non-hydrogen) atoms. The summed E-state index contributed by atoms with van der Waals surface area (Å²) < 4.78 is 38.4. The smallest absolute Gasteiger partial charge is 0.298 e. The quantitative estimate of drug-likeness (QED) is 0.790. The summed E-state index contributed by atoms with van der Waals surface area (Å²) in [5.41, 5.74) is -0.911. The van der Waals surface area contributed by atoms with E-state index < -0.39 is 11.7 Å². The number of aldehydes is 1. The second-order valence-corrected chi connectivity index (χ2v) is 4.86. The van der Waals surface area contributed by atoms with Gasteiger partial charge in [-0.25, -0.2) is 0 Å². The number of rotatable bonds is 4. The summed E-state index contributed by atoms with van der Waals surface area (Å²) >= 11 is 1.01. The fourth-order valence-electron chi connectivity index (χ4n) is 1.38. The maximum Gasteiger partial charge on any atom is 0.417 e. The molecule has 6 heteroatoms. The highest BCUT2D eigenvalue weighted by molar-refractivity contribution is 8.13. The van der Waals surface area contributed by atoms with E-state index in [1.165, 1.54) is 31.2 Å². The van der Waals surface area contributed by atoms with Gasteiger partial charge in [-0.2, -0.15) is 13.2 Å². The number of benzene rings is 1. The van der Waals surface area contributed by atoms with Crippen LogP contribution in [0.4, 0.5) is 13.2 Å². The first kappa shape index (κ1) is 15.5. The van der Waals surface area contributed by atoms with Crippen LogP contribution < -0.4 is 0 Å². The van der Waals surface area contributed by atoms with Crippen molar-refractivity contribution >= 4 is 29.2 Å². The summed E-state index contributed by atoms with van der Waals surface area (Å²) in [6.45, 7) is 1.39. The normalized spacial score (nSPS) is 11.8. The molecule has 0 fully saturated rings. The Balaban J connectivity index is 3.00. The molecule has 0 aliphatic rings. The van der Waals surface area contributed by atoms with Crippen LogP contribution >= 0.6 is 11.8 Å². The van der Waals surface area contributed by atoms with Gasteiger partial charge in [-0.05, 0) is 11.6 Å². The van der Waals surface area contributed by atoms with Crippen LogP contribution in [0.3, 0.4) is 0 Å². The molecule has 0 saturated carbocycles. The second-order valence-electron chi connectivity index (χ2n) is 3.67. The maximum absolute atomic E-state index is 12.8. The molecular formula is C13H11F3O2S. The number of hydrogen-bond acceptors (Lipinski definition) is 3. The minimum absolute atomic E-state index is 0.0254. The lowest BCUT2D eigenvalue weighted by Crippen LogP contribution is -2.08. The third-order valence-corrected chi connectivity index (χ3v) is 2.96. The Morgan fingerprint density at radius 3 is 2.58 bits per heavy atom. The third-order valence-electron chi connectivity index (χ3n) is 2.20. The molecule has 0 unspecified atom stereocenters. The number of alkyl halides is 3. The Bertz CT molecular complexity index is 507. The molecule has 0 bridgehead atoms. The summed E-state index contributed by atoms with van der Waals surface area (Å²) in [4.78, 5) is 21.2. The monoisotopic (exact) mass is 288 g/mol. The van der Waals surface area contributed by atoms with E-state index in [1.807, 2.05) is 0 Å². The lowest BCUT2D eigenvalue weighted by Gasteiger charge is -2.10. The van der Waals surface area contributed by atoms with Gasteiger partial charge in [0.25, 0.3) is 0 Å². The van der Waals surface area contributed by atoms with Gasteiger partial charge < -0.3 is 0 Å². The van der Waals surface area contributed by atoms with Crippen LogP contribution in [-0.4, -0.2) is 17.2 Å². The Kier molecular flexibility index (Phi) is 5.35. The van der Waals surface area contributed by atoms with Crippen molar-refractivity contribution in [1.82, 2.24) is 0 Å². The van der Waals surface area contributed by atoms with Crippen molar-refractivity contribution in [3.8, 4) is 0 Å². The molecule has 102 valence electrons. The van der Waals surface area contributed by atoms with Crippen LogP contribution in [0.25, 0.3) is 6.08 Å². The Hall–Kier alpha value is -1.56. The molecule has 0 atom stereocenters. The van der Waals surface area contributed by atoms with E-state index in [-0.39, 0.29) is 16.2 Å². The van der Waals surface area contributed by atoms with Gasteiger partial charge >= 0.3 is 6.18 Å². The number of thioether (sulfide) groups is 1. The Labute approximate surface area is 112 Å². The SMILES string of the molecule is CC(=O)SCC=Cc1ccc(C=O)cc1C(F)(F)F. The molecule has 0 radical (unpaired) electrons. The fraction of sp³-hybridized carbons (Fsp3) is 0.231. The minimum atomic E-state index is -4.52. The predicted molar refractivity (Wildman–Crippen MR) is 69.0 cm³/mol. The molecule has 0 heterocycles. The van der Waals surface area contributed by atoms with Gasteiger partial charge in [-0.1, -0.05) is 36.0 Å². The summed E-state index contributed by atoms with van der Waals surface area (Å²) in [5.74, 6) is 0.308. The van der Waals surface area contributed by atoms with Crippen molar-refractivity contribution in [2.75, 3.05) is 5.75 Å². The van der Waals surface area contributed by atoms with Crippen LogP contribution in [-0.2, 0) is 11.0 Å². The van der Waals surface area contributed by atoms with Crippen LogP contribution in [0.2, 0.25) is 0 Å². The summed E-state index contributed by atoms with van der Waals surface area (Å²) in [6, 6.07) is 3.37. The highest BCUT2D eigenvalue weighted by Gasteiger charge is 2.32. The number of halogens is 3. The van der Waals surface area contributed by atoms with Gasteiger partial charge in [0.05, 0.1) is 5.56 Å². The third kappa shape index (κ3) is 4.90. The van der Waals surface area contributed by atoms with Gasteiger partial charge in [0.15, 0.2) is 5.12 Å². The van der Waals surface area contributed by atoms with E-state index in [2.05, 4.69) is 0 Å². The van der Waals surface area contributed by atoms with Crippen molar-refractivity contribution in [2.45, 2.75) is 13.1 Å². The average molecular weight is 288 g/mol. The lowest BCUT2D eigenvalue weighted by molar-refractivity contribution is -0.137. The van der Waals surface area contributed by atoms with Gasteiger partial charge in [-0.15, -0.1) is 0 Å². The van der Waals surface area contributed by atoms with Crippen molar-refractivity contribution in [1.29, 1.82) is 0 Å². The zero-order valence-electron chi connectivity index (χ0n) is 10.0. The number of carbonyl (C=O) groups is 2. The zero-order chi connectivity index (χ0) is 14.5. The van der Waals surface area contributed by atoms with E-state index in [9.17, 15) is 22.8 Å². The standard InChI is InChI=1S/C13H11F3O2S/c1-9(18)19-6-2-3-11-5-4-10(8-17)7-12(11)13(14,15)16/h2-5,7-8H,6H2,1H3. The predicted octanol–water partition coefficient (Wildman–Crippen LogP) is 3.81. The zero-order valence-corrected chi connectivity index (χ0v) is 10.8. The summed E-state index contributed by atoms with van der Waals surface area (Å²) in [7, 11) is 0. The first-order valence-electron chi connectivity index (χ1n) is 5.31. The molecule has 1 rings (SSSR count). The first-order chi connectivity index (χ1) is 8.84. The van der Waals surface area contributed by atoms with Crippen LogP contribution in [0.15, 0.2) is 24.3 Å². The molecule has 0 aliphatic heterocycles. The molecular weight excluding hydrogens is 277 g/mol. The van der Waals surface area contributed by atoms with Gasteiger partial charge in [0, 0.05) is 18.2 Å². The van der Waals surface area contributed by atoms with Crippen LogP contribution in [0, 0.1) is 0 Å². The maximum atomic E-state index is 12.8. The van der Waals surface area contributed by atoms with E-state index in [1.54, 1.807) is 0 Å². The lowest BCUT2D eigenvalue weighted by atomic mass is 10.0. The number of carbonyl (C=O) groups excluding carboxylic acids is 2. The average Bonchev–Trinajstić information content (AvgIpc) is 2.33. The molecule has 0 amide bonds. The van der Waals surface area contributed by atoms with Gasteiger partial charge in [-0.3, -0.25) is 9.59 Å². The summed E-state index contributed by atoms with van der Waals surface area (Å²) in [5, 5.41) is -0.100. The fourth-order valence-corrected chi connectivity index (χ4v) is 1.81. The summed E-state index contributed by atoms with van der Waals surface area (Å²) in [6.07, 6.45) is -1.37. The minimum Gasteiger partial charge on any atom is -0.298 e. The van der Waals surface area contributed by atoms with Gasteiger partial charge in [0.2, 0.25) is 0 Å². The van der Waals surface area contributed by atoms with Crippen molar-refractivity contribution in [2.24, 2.45) is 0 Å². The van der Waals surface area contributed by atoms with Crippen LogP contribution in [0.1, 0.15) is 28.4 Å². The molecule has 0 aliphatic carbocycles. The molecule has 0 N–H and O–H groups in total. The first-order valence-corrected chi connectivity index (χ1v) is 6.29. The molecule has 1 aromatic carbocycles. The molecule has 0 spiro atoms. The van der Waals surface area contributed by atoms with Crippen molar-refractivity contribution in [3.63, 3.8) is 0 Å². The van der Waals surface area contributed by atoms with Crippen LogP contribution in [0.5, 0.6) is 0 Å².